The zero-order chi connectivity index (χ0) is 26.2. The quantitative estimate of drug-likeness (QED) is 0.422. The zero-order valence-electron chi connectivity index (χ0n) is 20.9. The molecule has 5 unspecified atom stereocenters. The number of esters is 2. The minimum Gasteiger partial charge on any atom is -0.466 e. The molecule has 10 heteroatoms. The predicted molar refractivity (Wildman–Crippen MR) is 129 cm³/mol. The summed E-state index contributed by atoms with van der Waals surface area (Å²) in [7, 11) is 0. The highest BCUT2D eigenvalue weighted by molar-refractivity contribution is 6.33. The van der Waals surface area contributed by atoms with Crippen molar-refractivity contribution in [1.29, 1.82) is 0 Å². The van der Waals surface area contributed by atoms with Crippen LogP contribution in [0.5, 0.6) is 0 Å². The fourth-order valence-corrected chi connectivity index (χ4v) is 5.55. The summed E-state index contributed by atoms with van der Waals surface area (Å²) >= 11 is 6.21. The lowest BCUT2D eigenvalue weighted by molar-refractivity contribution is -0.156. The smallest absolute Gasteiger partial charge is 0.408 e. The molecule has 2 fully saturated rings. The number of hydrogen-bond donors (Lipinski definition) is 2. The van der Waals surface area contributed by atoms with Gasteiger partial charge in [0.1, 0.15) is 11.1 Å². The van der Waals surface area contributed by atoms with Crippen molar-refractivity contribution in [2.45, 2.75) is 59.1 Å². The van der Waals surface area contributed by atoms with Crippen LogP contribution in [-0.4, -0.2) is 48.3 Å². The van der Waals surface area contributed by atoms with E-state index >= 15 is 0 Å². The molecule has 9 nitrogen and oxygen atoms in total. The molecule has 3 rings (SSSR count). The first-order valence-corrected chi connectivity index (χ1v) is 12.1. The molecule has 35 heavy (non-hydrogen) atoms. The van der Waals surface area contributed by atoms with Crippen LogP contribution in [0.4, 0.5) is 10.5 Å². The molecule has 0 aromatic heterocycles. The molecule has 0 aliphatic heterocycles. The Hall–Kier alpha value is -2.81. The van der Waals surface area contributed by atoms with E-state index in [2.05, 4.69) is 10.6 Å². The number of halogens is 1. The summed E-state index contributed by atoms with van der Waals surface area (Å²) in [5, 5.41) is 5.85. The number of hydrogen-bond acceptors (Lipinski definition) is 7. The van der Waals surface area contributed by atoms with Crippen LogP contribution in [0.25, 0.3) is 0 Å². The number of rotatable bonds is 7. The SMILES string of the molecule is CCOC(=O)C1C2C(C(=O)Nc3ccccc3Cl)CC(NC(=O)OC(C)(C)C)(C(=O)OCC)C12C. The average molecular weight is 509 g/mol. The van der Waals surface area contributed by atoms with E-state index in [1.807, 2.05) is 0 Å². The van der Waals surface area contributed by atoms with Crippen LogP contribution in [-0.2, 0) is 28.6 Å². The van der Waals surface area contributed by atoms with Crippen LogP contribution < -0.4 is 10.6 Å². The predicted octanol–water partition coefficient (Wildman–Crippen LogP) is 3.94. The Balaban J connectivity index is 2.02. The van der Waals surface area contributed by atoms with Crippen molar-refractivity contribution in [3.05, 3.63) is 29.3 Å². The van der Waals surface area contributed by atoms with Crippen molar-refractivity contribution < 1.29 is 33.4 Å². The van der Waals surface area contributed by atoms with E-state index in [1.165, 1.54) is 0 Å². The van der Waals surface area contributed by atoms with E-state index < -0.39 is 58.2 Å². The highest BCUT2D eigenvalue weighted by Gasteiger charge is 2.85. The maximum atomic E-state index is 13.4. The number of para-hydroxylation sites is 1. The number of fused-ring (bicyclic) bond motifs is 1. The molecule has 0 bridgehead atoms. The maximum Gasteiger partial charge on any atom is 0.408 e. The van der Waals surface area contributed by atoms with E-state index in [9.17, 15) is 19.2 Å². The third-order valence-corrected chi connectivity index (χ3v) is 7.14. The number of ether oxygens (including phenoxy) is 3. The molecule has 5 atom stereocenters. The summed E-state index contributed by atoms with van der Waals surface area (Å²) in [5.41, 5.74) is -3.21. The Morgan fingerprint density at radius 3 is 2.29 bits per heavy atom. The molecule has 2 saturated carbocycles. The minimum atomic E-state index is -1.67. The highest BCUT2D eigenvalue weighted by atomic mass is 35.5. The second-order valence-corrected chi connectivity index (χ2v) is 10.5. The molecule has 1 aromatic rings. The lowest BCUT2D eigenvalue weighted by Crippen LogP contribution is -2.61. The van der Waals surface area contributed by atoms with E-state index in [-0.39, 0.29) is 19.6 Å². The first-order valence-electron chi connectivity index (χ1n) is 11.7. The number of anilines is 1. The van der Waals surface area contributed by atoms with Crippen LogP contribution in [0.15, 0.2) is 24.3 Å². The van der Waals surface area contributed by atoms with Gasteiger partial charge in [0.2, 0.25) is 5.91 Å². The molecular formula is C25H33ClN2O7. The zero-order valence-corrected chi connectivity index (χ0v) is 21.7. The summed E-state index contributed by atoms with van der Waals surface area (Å²) in [5.74, 6) is -3.84. The van der Waals surface area contributed by atoms with Gasteiger partial charge in [-0.15, -0.1) is 0 Å². The number of alkyl carbamates (subject to hydrolysis) is 1. The van der Waals surface area contributed by atoms with Gasteiger partial charge in [0.05, 0.1) is 29.8 Å². The van der Waals surface area contributed by atoms with Crippen molar-refractivity contribution in [2.24, 2.45) is 23.2 Å². The summed E-state index contributed by atoms with van der Waals surface area (Å²) in [6.07, 6.45) is -0.912. The first kappa shape index (κ1) is 26.8. The normalized spacial score (nSPS) is 28.9. The fraction of sp³-hybridized carbons (Fsp3) is 0.600. The van der Waals surface area contributed by atoms with Gasteiger partial charge in [-0.1, -0.05) is 30.7 Å². The van der Waals surface area contributed by atoms with Gasteiger partial charge >= 0.3 is 18.0 Å². The Kier molecular flexibility index (Phi) is 7.41. The Morgan fingerprint density at radius 1 is 1.09 bits per heavy atom. The third-order valence-electron chi connectivity index (χ3n) is 6.81. The van der Waals surface area contributed by atoms with Gasteiger partial charge in [0, 0.05) is 11.3 Å². The van der Waals surface area contributed by atoms with Crippen molar-refractivity contribution >= 4 is 41.2 Å². The lowest BCUT2D eigenvalue weighted by atomic mass is 9.79. The Bertz CT molecular complexity index is 1020. The molecule has 2 aliphatic carbocycles. The maximum absolute atomic E-state index is 13.4. The Labute approximate surface area is 210 Å². The largest absolute Gasteiger partial charge is 0.466 e. The van der Waals surface area contributed by atoms with Gasteiger partial charge < -0.3 is 24.8 Å². The topological polar surface area (TPSA) is 120 Å². The Morgan fingerprint density at radius 2 is 1.71 bits per heavy atom. The standard InChI is InChI=1S/C25H33ClN2O7/c1-7-33-20(30)18-17-14(19(29)27-16-12-10-9-11-15(16)26)13-25(24(17,18)6,21(31)34-8-2)28-22(32)35-23(3,4)5/h9-12,14,17-18H,7-8,13H2,1-6H3,(H,27,29)(H,28,32). The first-order chi connectivity index (χ1) is 16.3. The van der Waals surface area contributed by atoms with Crippen molar-refractivity contribution in [3.8, 4) is 0 Å². The third kappa shape index (κ3) is 4.83. The summed E-state index contributed by atoms with van der Waals surface area (Å²) in [6, 6.07) is 6.76. The summed E-state index contributed by atoms with van der Waals surface area (Å²) < 4.78 is 16.0. The van der Waals surface area contributed by atoms with Gasteiger partial charge in [-0.2, -0.15) is 0 Å². The molecule has 0 saturated heterocycles. The van der Waals surface area contributed by atoms with Gasteiger partial charge in [-0.05, 0) is 59.1 Å². The fourth-order valence-electron chi connectivity index (χ4n) is 5.36. The van der Waals surface area contributed by atoms with Gasteiger partial charge in [0.25, 0.3) is 0 Å². The number of benzene rings is 1. The molecular weight excluding hydrogens is 476 g/mol. The van der Waals surface area contributed by atoms with Crippen LogP contribution in [0.2, 0.25) is 5.02 Å². The highest BCUT2D eigenvalue weighted by Crippen LogP contribution is 2.75. The van der Waals surface area contributed by atoms with Crippen LogP contribution in [0.1, 0.15) is 48.0 Å². The average Bonchev–Trinajstić information content (AvgIpc) is 3.29. The summed E-state index contributed by atoms with van der Waals surface area (Å²) in [4.78, 5) is 52.6. The van der Waals surface area contributed by atoms with Crippen LogP contribution in [0, 0.1) is 23.2 Å². The van der Waals surface area contributed by atoms with Gasteiger partial charge in [0.15, 0.2) is 0 Å². The van der Waals surface area contributed by atoms with Gasteiger partial charge in [-0.25, -0.2) is 9.59 Å². The molecule has 2 aliphatic rings. The minimum absolute atomic E-state index is 0.0535. The van der Waals surface area contributed by atoms with E-state index in [0.29, 0.717) is 10.7 Å². The molecule has 1 aromatic carbocycles. The number of carbonyl (C=O) groups is 4. The molecule has 192 valence electrons. The second-order valence-electron chi connectivity index (χ2n) is 10.1. The van der Waals surface area contributed by atoms with Crippen molar-refractivity contribution in [2.75, 3.05) is 18.5 Å². The molecule has 2 N–H and O–H groups in total. The van der Waals surface area contributed by atoms with Crippen molar-refractivity contribution in [1.82, 2.24) is 5.32 Å². The van der Waals surface area contributed by atoms with E-state index in [0.717, 1.165) is 0 Å². The molecule has 2 amide bonds. The molecule has 0 spiro atoms. The summed E-state index contributed by atoms with van der Waals surface area (Å²) in [6.45, 7) is 10.3. The van der Waals surface area contributed by atoms with Crippen LogP contribution >= 0.6 is 11.6 Å². The van der Waals surface area contributed by atoms with Crippen molar-refractivity contribution in [3.63, 3.8) is 0 Å². The number of carbonyl (C=O) groups excluding carboxylic acids is 4. The number of nitrogens with one attached hydrogen (secondary N) is 2. The monoisotopic (exact) mass is 508 g/mol. The van der Waals surface area contributed by atoms with E-state index in [1.54, 1.807) is 65.8 Å². The van der Waals surface area contributed by atoms with E-state index in [4.69, 9.17) is 25.8 Å². The van der Waals surface area contributed by atoms with Crippen LogP contribution in [0.3, 0.4) is 0 Å². The van der Waals surface area contributed by atoms with Gasteiger partial charge in [-0.3, -0.25) is 9.59 Å². The lowest BCUT2D eigenvalue weighted by Gasteiger charge is -2.37. The molecule has 0 heterocycles. The second kappa shape index (κ2) is 9.68. The number of amides is 2. The molecule has 0 radical (unpaired) electrons.